The van der Waals surface area contributed by atoms with Gasteiger partial charge in [-0.2, -0.15) is 0 Å². The highest BCUT2D eigenvalue weighted by molar-refractivity contribution is 5.80. The standard InChI is InChI=1S/C23H30N6O/c1-3-22-28-26-18-29(22)16-14-24-23(27-19(2)20-10-6-4-7-11-20)25-15-17-30-21-12-8-5-9-13-21/h4-13,18-19H,3,14-17H2,1-2H3,(H2,24,25,27). The normalized spacial score (nSPS) is 12.4. The summed E-state index contributed by atoms with van der Waals surface area (Å²) in [5, 5.41) is 15.0. The number of aromatic nitrogens is 3. The summed E-state index contributed by atoms with van der Waals surface area (Å²) >= 11 is 0. The molecule has 0 aliphatic heterocycles. The summed E-state index contributed by atoms with van der Waals surface area (Å²) in [7, 11) is 0. The van der Waals surface area contributed by atoms with Crippen molar-refractivity contribution in [2.24, 2.45) is 4.99 Å². The molecule has 0 amide bonds. The molecule has 0 aliphatic carbocycles. The average molecular weight is 407 g/mol. The molecule has 2 N–H and O–H groups in total. The van der Waals surface area contributed by atoms with Gasteiger partial charge in [0.05, 0.1) is 19.1 Å². The lowest BCUT2D eigenvalue weighted by atomic mass is 10.1. The van der Waals surface area contributed by atoms with Crippen molar-refractivity contribution < 1.29 is 4.74 Å². The molecule has 0 spiro atoms. The first-order valence-corrected chi connectivity index (χ1v) is 10.4. The van der Waals surface area contributed by atoms with E-state index in [0.29, 0.717) is 19.7 Å². The van der Waals surface area contributed by atoms with Crippen LogP contribution < -0.4 is 15.4 Å². The lowest BCUT2D eigenvalue weighted by Gasteiger charge is -2.19. The van der Waals surface area contributed by atoms with E-state index in [9.17, 15) is 0 Å². The van der Waals surface area contributed by atoms with Crippen molar-refractivity contribution in [3.63, 3.8) is 0 Å². The topological polar surface area (TPSA) is 76.4 Å². The molecule has 7 heteroatoms. The maximum atomic E-state index is 5.77. The fourth-order valence-corrected chi connectivity index (χ4v) is 3.05. The van der Waals surface area contributed by atoms with E-state index >= 15 is 0 Å². The number of nitrogens with one attached hydrogen (secondary N) is 2. The molecule has 7 nitrogen and oxygen atoms in total. The van der Waals surface area contributed by atoms with Gasteiger partial charge < -0.3 is 19.9 Å². The largest absolute Gasteiger partial charge is 0.492 e. The summed E-state index contributed by atoms with van der Waals surface area (Å²) in [5.41, 5.74) is 1.21. The minimum Gasteiger partial charge on any atom is -0.492 e. The summed E-state index contributed by atoms with van der Waals surface area (Å²) in [4.78, 5) is 4.75. The van der Waals surface area contributed by atoms with Crippen LogP contribution in [0.2, 0.25) is 0 Å². The molecular weight excluding hydrogens is 376 g/mol. The predicted molar refractivity (Wildman–Crippen MR) is 120 cm³/mol. The number of nitrogens with zero attached hydrogens (tertiary/aromatic N) is 4. The molecule has 0 aliphatic rings. The van der Waals surface area contributed by atoms with E-state index in [1.165, 1.54) is 5.56 Å². The van der Waals surface area contributed by atoms with Gasteiger partial charge in [-0.3, -0.25) is 4.99 Å². The van der Waals surface area contributed by atoms with Crippen LogP contribution in [-0.4, -0.2) is 40.4 Å². The number of benzene rings is 2. The van der Waals surface area contributed by atoms with Gasteiger partial charge in [0.1, 0.15) is 24.5 Å². The Kier molecular flexibility index (Phi) is 8.26. The highest BCUT2D eigenvalue weighted by Gasteiger charge is 2.08. The first-order chi connectivity index (χ1) is 14.8. The van der Waals surface area contributed by atoms with Crippen LogP contribution in [0.1, 0.15) is 31.3 Å². The number of hydrogen-bond acceptors (Lipinski definition) is 4. The molecule has 0 bridgehead atoms. The maximum Gasteiger partial charge on any atom is 0.191 e. The molecular formula is C23H30N6O. The summed E-state index contributed by atoms with van der Waals surface area (Å²) < 4.78 is 7.82. The van der Waals surface area contributed by atoms with Gasteiger partial charge >= 0.3 is 0 Å². The predicted octanol–water partition coefficient (Wildman–Crippen LogP) is 3.22. The van der Waals surface area contributed by atoms with Crippen LogP contribution in [0.15, 0.2) is 72.0 Å². The van der Waals surface area contributed by atoms with Crippen molar-refractivity contribution in [3.05, 3.63) is 78.4 Å². The molecule has 3 aromatic rings. The molecule has 0 saturated heterocycles. The molecule has 1 atom stereocenters. The Balaban J connectivity index is 1.56. The summed E-state index contributed by atoms with van der Waals surface area (Å²) in [6.45, 7) is 6.77. The first-order valence-electron chi connectivity index (χ1n) is 10.4. The van der Waals surface area contributed by atoms with E-state index in [2.05, 4.69) is 46.8 Å². The number of rotatable bonds is 10. The Labute approximate surface area is 178 Å². The van der Waals surface area contributed by atoms with Crippen molar-refractivity contribution in [2.75, 3.05) is 19.7 Å². The van der Waals surface area contributed by atoms with E-state index in [-0.39, 0.29) is 6.04 Å². The zero-order valence-electron chi connectivity index (χ0n) is 17.7. The molecule has 0 fully saturated rings. The molecule has 30 heavy (non-hydrogen) atoms. The van der Waals surface area contributed by atoms with E-state index in [1.807, 2.05) is 53.1 Å². The number of aryl methyl sites for hydroxylation is 1. The molecule has 0 radical (unpaired) electrons. The van der Waals surface area contributed by atoms with Gasteiger partial charge in [0.25, 0.3) is 0 Å². The molecule has 0 saturated carbocycles. The number of aliphatic imine (C=N–C) groups is 1. The molecule has 1 aromatic heterocycles. The van der Waals surface area contributed by atoms with Gasteiger partial charge in [-0.1, -0.05) is 55.5 Å². The third-order valence-electron chi connectivity index (χ3n) is 4.68. The Bertz CT molecular complexity index is 894. The summed E-state index contributed by atoms with van der Waals surface area (Å²) in [6.07, 6.45) is 2.62. The van der Waals surface area contributed by atoms with Crippen LogP contribution in [0.25, 0.3) is 0 Å². The minimum atomic E-state index is 0.133. The SMILES string of the molecule is CCc1nncn1CCN=C(NCCOc1ccccc1)NC(C)c1ccccc1. The van der Waals surface area contributed by atoms with Gasteiger partial charge in [-0.05, 0) is 24.6 Å². The van der Waals surface area contributed by atoms with Crippen LogP contribution in [0, 0.1) is 0 Å². The van der Waals surface area contributed by atoms with E-state index in [0.717, 1.165) is 30.5 Å². The van der Waals surface area contributed by atoms with Gasteiger partial charge in [-0.15, -0.1) is 10.2 Å². The minimum absolute atomic E-state index is 0.133. The first kappa shape index (κ1) is 21.4. The highest BCUT2D eigenvalue weighted by atomic mass is 16.5. The number of hydrogen-bond donors (Lipinski definition) is 2. The highest BCUT2D eigenvalue weighted by Crippen LogP contribution is 2.11. The Morgan fingerprint density at radius 2 is 1.83 bits per heavy atom. The average Bonchev–Trinajstić information content (AvgIpc) is 3.25. The number of guanidine groups is 1. The van der Waals surface area contributed by atoms with Gasteiger partial charge in [-0.25, -0.2) is 0 Å². The van der Waals surface area contributed by atoms with Crippen LogP contribution in [0.5, 0.6) is 5.75 Å². The van der Waals surface area contributed by atoms with E-state index in [4.69, 9.17) is 9.73 Å². The smallest absolute Gasteiger partial charge is 0.191 e. The zero-order chi connectivity index (χ0) is 21.0. The summed E-state index contributed by atoms with van der Waals surface area (Å²) in [5.74, 6) is 2.60. The van der Waals surface area contributed by atoms with Gasteiger partial charge in [0.15, 0.2) is 5.96 Å². The second-order valence-corrected chi connectivity index (χ2v) is 6.89. The van der Waals surface area contributed by atoms with Crippen molar-refractivity contribution >= 4 is 5.96 Å². The van der Waals surface area contributed by atoms with Crippen LogP contribution in [0.3, 0.4) is 0 Å². The van der Waals surface area contributed by atoms with Crippen LogP contribution in [-0.2, 0) is 13.0 Å². The van der Waals surface area contributed by atoms with Crippen molar-refractivity contribution in [2.45, 2.75) is 32.9 Å². The quantitative estimate of drug-likeness (QED) is 0.307. The lowest BCUT2D eigenvalue weighted by Crippen LogP contribution is -2.40. The fraction of sp³-hybridized carbons (Fsp3) is 0.348. The second-order valence-electron chi connectivity index (χ2n) is 6.89. The third-order valence-corrected chi connectivity index (χ3v) is 4.68. The number of ether oxygens (including phenoxy) is 1. The monoisotopic (exact) mass is 406 g/mol. The zero-order valence-corrected chi connectivity index (χ0v) is 17.7. The fourth-order valence-electron chi connectivity index (χ4n) is 3.05. The Morgan fingerprint density at radius 3 is 2.57 bits per heavy atom. The third kappa shape index (κ3) is 6.62. The van der Waals surface area contributed by atoms with Gasteiger partial charge in [0.2, 0.25) is 0 Å². The molecule has 3 rings (SSSR count). The van der Waals surface area contributed by atoms with Crippen molar-refractivity contribution in [1.29, 1.82) is 0 Å². The Hall–Kier alpha value is -3.35. The molecule has 2 aromatic carbocycles. The van der Waals surface area contributed by atoms with Crippen LogP contribution in [0.4, 0.5) is 0 Å². The Morgan fingerprint density at radius 1 is 1.10 bits per heavy atom. The maximum absolute atomic E-state index is 5.77. The second kappa shape index (κ2) is 11.6. The lowest BCUT2D eigenvalue weighted by molar-refractivity contribution is 0.321. The van der Waals surface area contributed by atoms with E-state index < -0.39 is 0 Å². The molecule has 1 heterocycles. The summed E-state index contributed by atoms with van der Waals surface area (Å²) in [6, 6.07) is 20.3. The van der Waals surface area contributed by atoms with E-state index in [1.54, 1.807) is 6.33 Å². The number of para-hydroxylation sites is 1. The molecule has 1 unspecified atom stereocenters. The van der Waals surface area contributed by atoms with Gasteiger partial charge in [0, 0.05) is 13.0 Å². The van der Waals surface area contributed by atoms with Crippen LogP contribution >= 0.6 is 0 Å². The van der Waals surface area contributed by atoms with Crippen molar-refractivity contribution in [3.8, 4) is 5.75 Å². The molecule has 158 valence electrons. The van der Waals surface area contributed by atoms with Crippen molar-refractivity contribution in [1.82, 2.24) is 25.4 Å².